The van der Waals surface area contributed by atoms with Gasteiger partial charge in [-0.25, -0.2) is 9.97 Å². The maximum atomic E-state index is 4.35. The van der Waals surface area contributed by atoms with Gasteiger partial charge in [0.15, 0.2) is 0 Å². The number of fused-ring (bicyclic) bond motifs is 1. The van der Waals surface area contributed by atoms with E-state index in [1.807, 2.05) is 30.3 Å². The van der Waals surface area contributed by atoms with E-state index in [4.69, 9.17) is 0 Å². The average Bonchev–Trinajstić information content (AvgIpc) is 2.42. The van der Waals surface area contributed by atoms with Gasteiger partial charge < -0.3 is 16.3 Å². The molecule has 0 saturated carbocycles. The van der Waals surface area contributed by atoms with Gasteiger partial charge >= 0.3 is 0 Å². The van der Waals surface area contributed by atoms with Crippen molar-refractivity contribution in [2.24, 2.45) is 0 Å². The first-order chi connectivity index (χ1) is 9.24. The number of hydrogen-bond donors (Lipinski definition) is 1. The standard InChI is InChI=1S/C16H15N3.2H2O/c1-11-8-14-15(9-12(11)2)17-10-18-16(14)19-13-6-4-3-5-7-13;;/h3-10H,1-2H3,(H,17,18,19);2*1H2. The summed E-state index contributed by atoms with van der Waals surface area (Å²) in [5.74, 6) is 0.847. The van der Waals surface area contributed by atoms with Crippen LogP contribution in [0.5, 0.6) is 0 Å². The monoisotopic (exact) mass is 285 g/mol. The Morgan fingerprint density at radius 3 is 2.24 bits per heavy atom. The molecule has 0 spiro atoms. The van der Waals surface area contributed by atoms with E-state index in [1.54, 1.807) is 6.33 Å². The summed E-state index contributed by atoms with van der Waals surface area (Å²) in [6.07, 6.45) is 1.60. The lowest BCUT2D eigenvalue weighted by molar-refractivity contribution is 0.823. The third kappa shape index (κ3) is 3.34. The van der Waals surface area contributed by atoms with Crippen molar-refractivity contribution in [3.8, 4) is 0 Å². The maximum Gasteiger partial charge on any atom is 0.141 e. The number of para-hydroxylation sites is 1. The van der Waals surface area contributed by atoms with Crippen molar-refractivity contribution in [1.29, 1.82) is 0 Å². The summed E-state index contributed by atoms with van der Waals surface area (Å²) in [6, 6.07) is 14.3. The number of anilines is 2. The van der Waals surface area contributed by atoms with Crippen molar-refractivity contribution in [3.63, 3.8) is 0 Å². The summed E-state index contributed by atoms with van der Waals surface area (Å²) in [6.45, 7) is 4.20. The summed E-state index contributed by atoms with van der Waals surface area (Å²) in [5, 5.41) is 4.39. The highest BCUT2D eigenvalue weighted by Crippen LogP contribution is 2.25. The number of aromatic nitrogens is 2. The van der Waals surface area contributed by atoms with E-state index in [0.717, 1.165) is 22.4 Å². The second-order valence-electron chi connectivity index (χ2n) is 4.67. The Labute approximate surface area is 123 Å². The van der Waals surface area contributed by atoms with E-state index in [0.29, 0.717) is 0 Å². The highest BCUT2D eigenvalue weighted by molar-refractivity contribution is 5.91. The molecule has 0 unspecified atom stereocenters. The Bertz CT molecular complexity index is 730. The Morgan fingerprint density at radius 2 is 1.52 bits per heavy atom. The Hall–Kier alpha value is -2.50. The molecule has 5 nitrogen and oxygen atoms in total. The molecule has 5 heteroatoms. The Kier molecular flexibility index (Phi) is 5.35. The van der Waals surface area contributed by atoms with E-state index in [9.17, 15) is 0 Å². The molecular formula is C16H19N3O2. The zero-order chi connectivity index (χ0) is 13.2. The summed E-state index contributed by atoms with van der Waals surface area (Å²) in [4.78, 5) is 8.69. The molecule has 21 heavy (non-hydrogen) atoms. The van der Waals surface area contributed by atoms with Crippen LogP contribution in [-0.4, -0.2) is 20.9 Å². The van der Waals surface area contributed by atoms with Crippen LogP contribution in [0.15, 0.2) is 48.8 Å². The number of nitrogens with one attached hydrogen (secondary N) is 1. The Balaban J connectivity index is 0.00000110. The van der Waals surface area contributed by atoms with Crippen LogP contribution in [0.4, 0.5) is 11.5 Å². The molecule has 110 valence electrons. The first-order valence-corrected chi connectivity index (χ1v) is 6.28. The lowest BCUT2D eigenvalue weighted by atomic mass is 10.1. The SMILES string of the molecule is Cc1cc2ncnc(Nc3ccccc3)c2cc1C.O.O. The fourth-order valence-corrected chi connectivity index (χ4v) is 2.07. The summed E-state index contributed by atoms with van der Waals surface area (Å²) < 4.78 is 0. The predicted octanol–water partition coefficient (Wildman–Crippen LogP) is 2.34. The molecule has 2 aromatic carbocycles. The average molecular weight is 285 g/mol. The lowest BCUT2D eigenvalue weighted by Gasteiger charge is -2.09. The summed E-state index contributed by atoms with van der Waals surface area (Å²) in [7, 11) is 0. The second-order valence-corrected chi connectivity index (χ2v) is 4.67. The van der Waals surface area contributed by atoms with E-state index >= 15 is 0 Å². The molecule has 1 aromatic heterocycles. The molecule has 0 radical (unpaired) electrons. The van der Waals surface area contributed by atoms with Gasteiger partial charge in [-0.3, -0.25) is 0 Å². The van der Waals surface area contributed by atoms with Gasteiger partial charge in [-0.2, -0.15) is 0 Å². The molecule has 0 aliphatic heterocycles. The molecule has 0 saturated heterocycles. The van der Waals surface area contributed by atoms with Crippen LogP contribution in [0.1, 0.15) is 11.1 Å². The van der Waals surface area contributed by atoms with Gasteiger partial charge in [0.25, 0.3) is 0 Å². The van der Waals surface area contributed by atoms with Crippen molar-refractivity contribution in [3.05, 3.63) is 59.9 Å². The van der Waals surface area contributed by atoms with Crippen molar-refractivity contribution in [2.75, 3.05) is 5.32 Å². The van der Waals surface area contributed by atoms with Crippen LogP contribution in [0.2, 0.25) is 0 Å². The third-order valence-electron chi connectivity index (χ3n) is 3.29. The van der Waals surface area contributed by atoms with Gasteiger partial charge in [-0.1, -0.05) is 18.2 Å². The van der Waals surface area contributed by atoms with Gasteiger partial charge in [-0.15, -0.1) is 0 Å². The molecule has 0 amide bonds. The molecule has 3 aromatic rings. The van der Waals surface area contributed by atoms with Crippen molar-refractivity contribution < 1.29 is 11.0 Å². The fourth-order valence-electron chi connectivity index (χ4n) is 2.07. The molecule has 0 fully saturated rings. The van der Waals surface area contributed by atoms with E-state index in [1.165, 1.54) is 11.1 Å². The smallest absolute Gasteiger partial charge is 0.141 e. The quantitative estimate of drug-likeness (QED) is 0.781. The van der Waals surface area contributed by atoms with Crippen LogP contribution in [0, 0.1) is 13.8 Å². The van der Waals surface area contributed by atoms with E-state index in [2.05, 4.69) is 41.3 Å². The topological polar surface area (TPSA) is 101 Å². The maximum absolute atomic E-state index is 4.35. The first-order valence-electron chi connectivity index (χ1n) is 6.28. The second kappa shape index (κ2) is 6.78. The predicted molar refractivity (Wildman–Crippen MR) is 86.0 cm³/mol. The number of aryl methyl sites for hydroxylation is 2. The number of rotatable bonds is 2. The van der Waals surface area contributed by atoms with Crippen LogP contribution in [0.25, 0.3) is 10.9 Å². The molecule has 1 heterocycles. The first kappa shape index (κ1) is 16.6. The fraction of sp³-hybridized carbons (Fsp3) is 0.125. The van der Waals surface area contributed by atoms with Crippen molar-refractivity contribution in [1.82, 2.24) is 9.97 Å². The van der Waals surface area contributed by atoms with Crippen molar-refractivity contribution in [2.45, 2.75) is 13.8 Å². The van der Waals surface area contributed by atoms with E-state index < -0.39 is 0 Å². The highest BCUT2D eigenvalue weighted by atomic mass is 16.0. The number of benzene rings is 2. The molecule has 5 N–H and O–H groups in total. The zero-order valence-corrected chi connectivity index (χ0v) is 12.0. The van der Waals surface area contributed by atoms with E-state index in [-0.39, 0.29) is 11.0 Å². The molecule has 0 aliphatic rings. The molecule has 3 rings (SSSR count). The molecule has 0 aliphatic carbocycles. The van der Waals surface area contributed by atoms with Gasteiger partial charge in [0, 0.05) is 11.1 Å². The van der Waals surface area contributed by atoms with Crippen LogP contribution >= 0.6 is 0 Å². The Morgan fingerprint density at radius 1 is 0.857 bits per heavy atom. The molecule has 0 atom stereocenters. The summed E-state index contributed by atoms with van der Waals surface area (Å²) in [5.41, 5.74) is 4.49. The van der Waals surface area contributed by atoms with Gasteiger partial charge in [0.05, 0.1) is 5.52 Å². The normalized spacial score (nSPS) is 9.62. The van der Waals surface area contributed by atoms with Crippen molar-refractivity contribution >= 4 is 22.4 Å². The third-order valence-corrected chi connectivity index (χ3v) is 3.29. The zero-order valence-electron chi connectivity index (χ0n) is 12.0. The molecule has 0 bridgehead atoms. The van der Waals surface area contributed by atoms with Gasteiger partial charge in [0.1, 0.15) is 12.1 Å². The largest absolute Gasteiger partial charge is 0.412 e. The summed E-state index contributed by atoms with van der Waals surface area (Å²) >= 11 is 0. The minimum absolute atomic E-state index is 0. The number of hydrogen-bond acceptors (Lipinski definition) is 3. The van der Waals surface area contributed by atoms with Gasteiger partial charge in [-0.05, 0) is 49.2 Å². The van der Waals surface area contributed by atoms with Crippen LogP contribution in [0.3, 0.4) is 0 Å². The highest BCUT2D eigenvalue weighted by Gasteiger charge is 2.05. The minimum atomic E-state index is 0. The number of nitrogens with zero attached hydrogens (tertiary/aromatic N) is 2. The van der Waals surface area contributed by atoms with Gasteiger partial charge in [0.2, 0.25) is 0 Å². The van der Waals surface area contributed by atoms with Crippen LogP contribution < -0.4 is 5.32 Å². The van der Waals surface area contributed by atoms with Crippen LogP contribution in [-0.2, 0) is 0 Å². The molecular weight excluding hydrogens is 266 g/mol. The minimum Gasteiger partial charge on any atom is -0.412 e. The lowest BCUT2D eigenvalue weighted by Crippen LogP contribution is -1.96.